The molecular weight excluding hydrogens is 244 g/mol. The quantitative estimate of drug-likeness (QED) is 0.883. The molecule has 0 amide bonds. The Labute approximate surface area is 92.3 Å². The van der Waals surface area contributed by atoms with E-state index in [-0.39, 0.29) is 6.61 Å². The molecule has 1 unspecified atom stereocenters. The van der Waals surface area contributed by atoms with Crippen LogP contribution in [0.25, 0.3) is 0 Å². The largest absolute Gasteiger partial charge is 0.396 e. The van der Waals surface area contributed by atoms with Crippen LogP contribution in [0.4, 0.5) is 0 Å². The summed E-state index contributed by atoms with van der Waals surface area (Å²) in [6, 6.07) is 0.527. The van der Waals surface area contributed by atoms with E-state index in [2.05, 4.69) is 32.4 Å². The zero-order chi connectivity index (χ0) is 10.1. The number of hydrogen-bond donors (Lipinski definition) is 1. The second kappa shape index (κ2) is 4.03. The van der Waals surface area contributed by atoms with Crippen LogP contribution in [-0.2, 0) is 12.8 Å². The molecule has 3 nitrogen and oxygen atoms in total. The molecule has 0 saturated heterocycles. The van der Waals surface area contributed by atoms with Crippen molar-refractivity contribution in [2.45, 2.75) is 38.6 Å². The third-order valence-corrected chi connectivity index (χ3v) is 3.48. The summed E-state index contributed by atoms with van der Waals surface area (Å²) in [5.41, 5.74) is 1.30. The molecule has 0 aliphatic carbocycles. The molecule has 1 atom stereocenters. The summed E-state index contributed by atoms with van der Waals surface area (Å²) in [4.78, 5) is 4.45. The number of aliphatic hydroxyl groups is 1. The van der Waals surface area contributed by atoms with Gasteiger partial charge in [0.15, 0.2) is 0 Å². The maximum absolute atomic E-state index is 8.95. The van der Waals surface area contributed by atoms with Crippen LogP contribution in [0, 0.1) is 0 Å². The van der Waals surface area contributed by atoms with E-state index in [0.717, 1.165) is 16.8 Å². The fraction of sp³-hybridized carbons (Fsp3) is 0.700. The maximum Gasteiger partial charge on any atom is 0.127 e. The second-order valence-corrected chi connectivity index (χ2v) is 4.60. The summed E-state index contributed by atoms with van der Waals surface area (Å²) in [5, 5.41) is 8.95. The summed E-state index contributed by atoms with van der Waals surface area (Å²) >= 11 is 3.49. The van der Waals surface area contributed by atoms with Crippen LogP contribution in [0.1, 0.15) is 37.3 Å². The van der Waals surface area contributed by atoms with Crippen molar-refractivity contribution in [2.75, 3.05) is 6.61 Å². The number of imidazole rings is 1. The van der Waals surface area contributed by atoms with Gasteiger partial charge in [-0.2, -0.15) is 0 Å². The molecule has 14 heavy (non-hydrogen) atoms. The highest BCUT2D eigenvalue weighted by atomic mass is 79.9. The molecule has 0 saturated carbocycles. The first-order chi connectivity index (χ1) is 6.74. The van der Waals surface area contributed by atoms with Gasteiger partial charge in [0, 0.05) is 12.5 Å². The molecule has 1 N–H and O–H groups in total. The molecule has 0 fully saturated rings. The van der Waals surface area contributed by atoms with Crippen LogP contribution >= 0.6 is 15.9 Å². The number of aliphatic hydroxyl groups excluding tert-OH is 1. The van der Waals surface area contributed by atoms with E-state index in [0.29, 0.717) is 12.5 Å². The summed E-state index contributed by atoms with van der Waals surface area (Å²) in [5.74, 6) is 1.02. The zero-order valence-electron chi connectivity index (χ0n) is 8.33. The van der Waals surface area contributed by atoms with Gasteiger partial charge in [0.05, 0.1) is 12.3 Å². The van der Waals surface area contributed by atoms with Crippen molar-refractivity contribution in [3.05, 3.63) is 16.1 Å². The Morgan fingerprint density at radius 3 is 3.14 bits per heavy atom. The molecule has 0 aromatic carbocycles. The highest BCUT2D eigenvalue weighted by molar-refractivity contribution is 9.10. The Kier molecular flexibility index (Phi) is 2.93. The summed E-state index contributed by atoms with van der Waals surface area (Å²) in [6.07, 6.45) is 4.21. The van der Waals surface area contributed by atoms with Gasteiger partial charge in [-0.15, -0.1) is 0 Å². The molecule has 1 aromatic rings. The van der Waals surface area contributed by atoms with Crippen LogP contribution in [0.15, 0.2) is 4.60 Å². The van der Waals surface area contributed by atoms with Crippen molar-refractivity contribution >= 4 is 15.9 Å². The first kappa shape index (κ1) is 10.2. The molecule has 1 aliphatic rings. The van der Waals surface area contributed by atoms with Crippen molar-refractivity contribution in [1.82, 2.24) is 9.55 Å². The average molecular weight is 259 g/mol. The van der Waals surface area contributed by atoms with Gasteiger partial charge in [-0.1, -0.05) is 0 Å². The molecule has 2 heterocycles. The van der Waals surface area contributed by atoms with Crippen molar-refractivity contribution in [3.8, 4) is 0 Å². The van der Waals surface area contributed by atoms with Crippen molar-refractivity contribution in [1.29, 1.82) is 0 Å². The first-order valence-corrected chi connectivity index (χ1v) is 5.89. The molecule has 0 bridgehead atoms. The monoisotopic (exact) mass is 258 g/mol. The number of nitrogens with zero attached hydrogens (tertiary/aromatic N) is 2. The van der Waals surface area contributed by atoms with Gasteiger partial charge in [-0.3, -0.25) is 0 Å². The van der Waals surface area contributed by atoms with Crippen LogP contribution in [0.5, 0.6) is 0 Å². The number of rotatable bonds is 2. The van der Waals surface area contributed by atoms with Crippen LogP contribution in [0.3, 0.4) is 0 Å². The minimum atomic E-state index is 0.176. The summed E-state index contributed by atoms with van der Waals surface area (Å²) in [6.45, 7) is 2.40. The van der Waals surface area contributed by atoms with E-state index in [1.165, 1.54) is 18.5 Å². The second-order valence-electron chi connectivity index (χ2n) is 3.85. The van der Waals surface area contributed by atoms with Crippen molar-refractivity contribution in [3.63, 3.8) is 0 Å². The van der Waals surface area contributed by atoms with Gasteiger partial charge < -0.3 is 9.67 Å². The highest BCUT2D eigenvalue weighted by Crippen LogP contribution is 2.31. The molecule has 0 spiro atoms. The molecular formula is C10H15BrN2O. The van der Waals surface area contributed by atoms with E-state index in [1.54, 1.807) is 0 Å². The fourth-order valence-electron chi connectivity index (χ4n) is 2.20. The van der Waals surface area contributed by atoms with Gasteiger partial charge in [-0.05, 0) is 42.1 Å². The fourth-order valence-corrected chi connectivity index (χ4v) is 2.80. The van der Waals surface area contributed by atoms with Gasteiger partial charge in [0.2, 0.25) is 0 Å². The zero-order valence-corrected chi connectivity index (χ0v) is 9.92. The smallest absolute Gasteiger partial charge is 0.127 e. The molecule has 1 aliphatic heterocycles. The van der Waals surface area contributed by atoms with E-state index in [4.69, 9.17) is 5.11 Å². The minimum absolute atomic E-state index is 0.176. The van der Waals surface area contributed by atoms with Crippen LogP contribution < -0.4 is 0 Å². The Morgan fingerprint density at radius 1 is 1.64 bits per heavy atom. The Morgan fingerprint density at radius 2 is 2.43 bits per heavy atom. The predicted molar refractivity (Wildman–Crippen MR) is 58.4 cm³/mol. The minimum Gasteiger partial charge on any atom is -0.396 e. The third kappa shape index (κ3) is 1.61. The van der Waals surface area contributed by atoms with Crippen molar-refractivity contribution < 1.29 is 5.11 Å². The Balaban J connectivity index is 2.42. The lowest BCUT2D eigenvalue weighted by molar-refractivity contribution is 0.291. The normalized spacial score (nSPS) is 20.9. The van der Waals surface area contributed by atoms with Crippen molar-refractivity contribution in [2.24, 2.45) is 0 Å². The topological polar surface area (TPSA) is 38.1 Å². The lowest BCUT2D eigenvalue weighted by Crippen LogP contribution is -2.18. The first-order valence-electron chi connectivity index (χ1n) is 5.10. The standard InChI is InChI=1S/C10H15BrN2O/c1-7-3-2-4-8-10(11)12-9(5-6-14)13(7)8/h7,14H,2-6H2,1H3. The molecule has 0 radical (unpaired) electrons. The van der Waals surface area contributed by atoms with Gasteiger partial charge in [-0.25, -0.2) is 4.98 Å². The average Bonchev–Trinajstić information content (AvgIpc) is 2.46. The molecule has 78 valence electrons. The van der Waals surface area contributed by atoms with E-state index in [1.807, 2.05) is 0 Å². The number of hydrogen-bond acceptors (Lipinski definition) is 2. The predicted octanol–water partition coefficient (Wildman–Crippen LogP) is 2.08. The third-order valence-electron chi connectivity index (χ3n) is 2.85. The van der Waals surface area contributed by atoms with E-state index < -0.39 is 0 Å². The molecule has 1 aromatic heterocycles. The van der Waals surface area contributed by atoms with E-state index >= 15 is 0 Å². The molecule has 2 rings (SSSR count). The lowest BCUT2D eigenvalue weighted by Gasteiger charge is -2.24. The number of halogens is 1. The SMILES string of the molecule is CC1CCCc2c(Br)nc(CCO)n21. The maximum atomic E-state index is 8.95. The van der Waals surface area contributed by atoms with Crippen LogP contribution in [-0.4, -0.2) is 21.3 Å². The lowest BCUT2D eigenvalue weighted by atomic mass is 10.0. The van der Waals surface area contributed by atoms with Gasteiger partial charge >= 0.3 is 0 Å². The summed E-state index contributed by atoms with van der Waals surface area (Å²) in [7, 11) is 0. The summed E-state index contributed by atoms with van der Waals surface area (Å²) < 4.78 is 3.25. The van der Waals surface area contributed by atoms with Gasteiger partial charge in [0.25, 0.3) is 0 Å². The van der Waals surface area contributed by atoms with E-state index in [9.17, 15) is 0 Å². The number of aromatic nitrogens is 2. The molecule has 4 heteroatoms. The van der Waals surface area contributed by atoms with Gasteiger partial charge in [0.1, 0.15) is 10.4 Å². The Hall–Kier alpha value is -0.350. The highest BCUT2D eigenvalue weighted by Gasteiger charge is 2.22. The Bertz CT molecular complexity index is 335. The number of fused-ring (bicyclic) bond motifs is 1. The van der Waals surface area contributed by atoms with Crippen LogP contribution in [0.2, 0.25) is 0 Å².